The van der Waals surface area contributed by atoms with Crippen molar-refractivity contribution in [2.75, 3.05) is 33.5 Å². The van der Waals surface area contributed by atoms with E-state index in [4.69, 9.17) is 9.47 Å². The number of rotatable bonds is 10. The van der Waals surface area contributed by atoms with Crippen molar-refractivity contribution >= 4 is 5.91 Å². The predicted octanol–water partition coefficient (Wildman–Crippen LogP) is 1.71. The Bertz CT molecular complexity index is 558. The van der Waals surface area contributed by atoms with Crippen LogP contribution in [0.4, 0.5) is 0 Å². The molecule has 0 aliphatic carbocycles. The van der Waals surface area contributed by atoms with E-state index < -0.39 is 0 Å². The Hall–Kier alpha value is -2.18. The van der Waals surface area contributed by atoms with E-state index in [1.165, 1.54) is 0 Å². The lowest BCUT2D eigenvalue weighted by Crippen LogP contribution is -2.29. The molecule has 2 N–H and O–H groups in total. The third-order valence-electron chi connectivity index (χ3n) is 3.44. The summed E-state index contributed by atoms with van der Waals surface area (Å²) in [4.78, 5) is 19.6. The summed E-state index contributed by atoms with van der Waals surface area (Å²) in [5.41, 5.74) is 1.06. The zero-order chi connectivity index (χ0) is 16.3. The Morgan fingerprint density at radius 2 is 2.09 bits per heavy atom. The lowest BCUT2D eigenvalue weighted by atomic mass is 9.94. The number of aromatic amines is 1. The van der Waals surface area contributed by atoms with Crippen molar-refractivity contribution in [1.29, 1.82) is 0 Å². The zero-order valence-corrected chi connectivity index (χ0v) is 13.3. The minimum absolute atomic E-state index is 0.0226. The number of hydrogen-bond donors (Lipinski definition) is 2. The summed E-state index contributed by atoms with van der Waals surface area (Å²) in [5.74, 6) is 0.689. The molecule has 1 heterocycles. The van der Waals surface area contributed by atoms with E-state index in [-0.39, 0.29) is 11.8 Å². The van der Waals surface area contributed by atoms with Gasteiger partial charge in [-0.2, -0.15) is 0 Å². The summed E-state index contributed by atoms with van der Waals surface area (Å²) in [6.45, 7) is 2.06. The van der Waals surface area contributed by atoms with E-state index >= 15 is 0 Å². The van der Waals surface area contributed by atoms with Gasteiger partial charge in [0.25, 0.3) is 0 Å². The predicted molar refractivity (Wildman–Crippen MR) is 87.2 cm³/mol. The average molecular weight is 317 g/mol. The number of ether oxygens (including phenoxy) is 2. The number of imidazole rings is 1. The van der Waals surface area contributed by atoms with Gasteiger partial charge in [-0.3, -0.25) is 4.79 Å². The van der Waals surface area contributed by atoms with Crippen LogP contribution >= 0.6 is 0 Å². The van der Waals surface area contributed by atoms with Crippen molar-refractivity contribution < 1.29 is 14.3 Å². The molecular weight excluding hydrogens is 294 g/mol. The molecule has 0 aliphatic heterocycles. The first kappa shape index (κ1) is 17.2. The van der Waals surface area contributed by atoms with Crippen LogP contribution in [0.15, 0.2) is 42.7 Å². The summed E-state index contributed by atoms with van der Waals surface area (Å²) < 4.78 is 10.2. The van der Waals surface area contributed by atoms with Crippen LogP contribution in [0.2, 0.25) is 0 Å². The molecule has 23 heavy (non-hydrogen) atoms. The van der Waals surface area contributed by atoms with Crippen LogP contribution in [-0.4, -0.2) is 49.4 Å². The highest BCUT2D eigenvalue weighted by molar-refractivity contribution is 5.77. The summed E-state index contributed by atoms with van der Waals surface area (Å²) in [6.07, 6.45) is 3.81. The van der Waals surface area contributed by atoms with E-state index in [9.17, 15) is 4.79 Å². The molecular formula is C17H23N3O3. The van der Waals surface area contributed by atoms with Gasteiger partial charge in [0, 0.05) is 32.5 Å². The number of H-pyrrole nitrogens is 1. The number of benzene rings is 1. The van der Waals surface area contributed by atoms with Gasteiger partial charge < -0.3 is 19.8 Å². The van der Waals surface area contributed by atoms with Gasteiger partial charge in [-0.05, 0) is 5.56 Å². The fourth-order valence-corrected chi connectivity index (χ4v) is 2.29. The molecule has 1 aromatic carbocycles. The third-order valence-corrected chi connectivity index (χ3v) is 3.44. The fraction of sp³-hybridized carbons (Fsp3) is 0.412. The van der Waals surface area contributed by atoms with E-state index in [1.807, 2.05) is 30.3 Å². The van der Waals surface area contributed by atoms with Crippen LogP contribution in [0.5, 0.6) is 0 Å². The van der Waals surface area contributed by atoms with Crippen LogP contribution in [0.1, 0.15) is 23.7 Å². The summed E-state index contributed by atoms with van der Waals surface area (Å²) in [7, 11) is 1.63. The average Bonchev–Trinajstić information content (AvgIpc) is 3.11. The molecule has 0 bridgehead atoms. The first-order valence-electron chi connectivity index (χ1n) is 7.69. The molecule has 0 saturated carbocycles. The highest BCUT2D eigenvalue weighted by Gasteiger charge is 2.19. The first-order valence-corrected chi connectivity index (χ1v) is 7.69. The van der Waals surface area contributed by atoms with Crippen molar-refractivity contribution in [2.24, 2.45) is 0 Å². The molecule has 0 radical (unpaired) electrons. The Labute approximate surface area is 136 Å². The SMILES string of the molecule is COCCOCCNC(=O)C[C@@H](c1ccccc1)c1ncc[nH]1. The Balaban J connectivity index is 1.85. The number of nitrogens with zero attached hydrogens (tertiary/aromatic N) is 1. The number of carbonyl (C=O) groups excluding carboxylic acids is 1. The molecule has 6 heteroatoms. The molecule has 0 fully saturated rings. The lowest BCUT2D eigenvalue weighted by Gasteiger charge is -2.15. The van der Waals surface area contributed by atoms with Crippen LogP contribution in [0.25, 0.3) is 0 Å². The van der Waals surface area contributed by atoms with Crippen molar-refractivity contribution in [1.82, 2.24) is 15.3 Å². The molecule has 1 atom stereocenters. The van der Waals surface area contributed by atoms with Gasteiger partial charge in [0.15, 0.2) is 0 Å². The van der Waals surface area contributed by atoms with Crippen LogP contribution in [0.3, 0.4) is 0 Å². The minimum atomic E-state index is -0.0828. The maximum absolute atomic E-state index is 12.2. The molecule has 124 valence electrons. The summed E-state index contributed by atoms with van der Waals surface area (Å²) in [6, 6.07) is 9.91. The summed E-state index contributed by atoms with van der Waals surface area (Å²) in [5, 5.41) is 2.88. The fourth-order valence-electron chi connectivity index (χ4n) is 2.29. The summed E-state index contributed by atoms with van der Waals surface area (Å²) >= 11 is 0. The van der Waals surface area contributed by atoms with Crippen LogP contribution in [0, 0.1) is 0 Å². The molecule has 0 unspecified atom stereocenters. The van der Waals surface area contributed by atoms with Gasteiger partial charge in [-0.1, -0.05) is 30.3 Å². The smallest absolute Gasteiger partial charge is 0.221 e. The van der Waals surface area contributed by atoms with E-state index in [2.05, 4.69) is 15.3 Å². The zero-order valence-electron chi connectivity index (χ0n) is 13.3. The molecule has 2 aromatic rings. The van der Waals surface area contributed by atoms with Crippen molar-refractivity contribution in [3.63, 3.8) is 0 Å². The van der Waals surface area contributed by atoms with Crippen LogP contribution in [-0.2, 0) is 14.3 Å². The molecule has 1 aromatic heterocycles. The van der Waals surface area contributed by atoms with Gasteiger partial charge in [0.2, 0.25) is 5.91 Å². The number of aromatic nitrogens is 2. The number of carbonyl (C=O) groups is 1. The highest BCUT2D eigenvalue weighted by atomic mass is 16.5. The standard InChI is InChI=1S/C17H23N3O3/c1-22-11-12-23-10-9-18-16(21)13-15(17-19-7-8-20-17)14-5-3-2-4-6-14/h2-8,15H,9-13H2,1H3,(H,18,21)(H,19,20)/t15-/m0/s1. The van der Waals surface area contributed by atoms with E-state index in [1.54, 1.807) is 19.5 Å². The quantitative estimate of drug-likeness (QED) is 0.654. The number of nitrogens with one attached hydrogen (secondary N) is 2. The normalized spacial score (nSPS) is 12.0. The minimum Gasteiger partial charge on any atom is -0.382 e. The Morgan fingerprint density at radius 3 is 2.78 bits per heavy atom. The Kier molecular flexibility index (Phi) is 7.29. The van der Waals surface area contributed by atoms with Crippen LogP contribution < -0.4 is 5.32 Å². The maximum atomic E-state index is 12.2. The second kappa shape index (κ2) is 9.76. The van der Waals surface area contributed by atoms with Gasteiger partial charge in [0.1, 0.15) is 5.82 Å². The maximum Gasteiger partial charge on any atom is 0.221 e. The molecule has 6 nitrogen and oxygen atoms in total. The second-order valence-electron chi connectivity index (χ2n) is 5.10. The monoisotopic (exact) mass is 317 g/mol. The first-order chi connectivity index (χ1) is 11.3. The third kappa shape index (κ3) is 5.84. The molecule has 0 aliphatic rings. The van der Waals surface area contributed by atoms with Crippen molar-refractivity contribution in [3.8, 4) is 0 Å². The van der Waals surface area contributed by atoms with E-state index in [0.29, 0.717) is 32.8 Å². The van der Waals surface area contributed by atoms with Crippen molar-refractivity contribution in [3.05, 3.63) is 54.1 Å². The molecule has 0 saturated heterocycles. The molecule has 0 spiro atoms. The van der Waals surface area contributed by atoms with Gasteiger partial charge >= 0.3 is 0 Å². The van der Waals surface area contributed by atoms with Gasteiger partial charge in [-0.25, -0.2) is 4.98 Å². The molecule has 2 rings (SSSR count). The number of hydrogen-bond acceptors (Lipinski definition) is 4. The number of methoxy groups -OCH3 is 1. The topological polar surface area (TPSA) is 76.2 Å². The Morgan fingerprint density at radius 1 is 1.26 bits per heavy atom. The largest absolute Gasteiger partial charge is 0.382 e. The number of amides is 1. The highest BCUT2D eigenvalue weighted by Crippen LogP contribution is 2.24. The van der Waals surface area contributed by atoms with Gasteiger partial charge in [0.05, 0.1) is 25.7 Å². The second-order valence-corrected chi connectivity index (χ2v) is 5.10. The lowest BCUT2D eigenvalue weighted by molar-refractivity contribution is -0.121. The van der Waals surface area contributed by atoms with E-state index in [0.717, 1.165) is 11.4 Å². The van der Waals surface area contributed by atoms with Gasteiger partial charge in [-0.15, -0.1) is 0 Å². The van der Waals surface area contributed by atoms with Crippen molar-refractivity contribution in [2.45, 2.75) is 12.3 Å². The molecule has 1 amide bonds.